The number of hydrogen-bond acceptors (Lipinski definition) is 2. The van der Waals surface area contributed by atoms with Crippen LogP contribution in [0.1, 0.15) is 64.5 Å². The summed E-state index contributed by atoms with van der Waals surface area (Å²) in [5, 5.41) is 4.60. The third-order valence-corrected chi connectivity index (χ3v) is 10.1. The van der Waals surface area contributed by atoms with Crippen molar-refractivity contribution in [2.75, 3.05) is 23.5 Å². The second-order valence-electron chi connectivity index (χ2n) is 11.2. The Morgan fingerprint density at radius 3 is 0.895 bits per heavy atom. The van der Waals surface area contributed by atoms with Gasteiger partial charge < -0.3 is 11.5 Å². The molecule has 210 valence electrons. The fourth-order valence-electron chi connectivity index (χ4n) is 6.63. The molecule has 0 fully saturated rings. The first-order valence-corrected chi connectivity index (χ1v) is 16.0. The smallest absolute Gasteiger partial charge is 0.0474 e. The first-order chi connectivity index (χ1) is 18.1. The zero-order valence-electron chi connectivity index (χ0n) is 23.3. The third kappa shape index (κ3) is 5.69. The molecule has 0 saturated carbocycles. The van der Waals surface area contributed by atoms with Gasteiger partial charge in [-0.1, -0.05) is 76.2 Å². The van der Waals surface area contributed by atoms with Crippen molar-refractivity contribution in [2.24, 2.45) is 35.1 Å². The highest BCUT2D eigenvalue weighted by atomic mass is 35.5. The highest BCUT2D eigenvalue weighted by Crippen LogP contribution is 2.50. The van der Waals surface area contributed by atoms with Gasteiger partial charge in [0, 0.05) is 34.6 Å². The van der Waals surface area contributed by atoms with Crippen LogP contribution < -0.4 is 11.5 Å². The summed E-state index contributed by atoms with van der Waals surface area (Å²) in [6, 6.07) is 17.3. The van der Waals surface area contributed by atoms with Gasteiger partial charge in [-0.3, -0.25) is 0 Å². The lowest BCUT2D eigenvalue weighted by Gasteiger charge is -2.46. The molecule has 2 nitrogen and oxygen atoms in total. The van der Waals surface area contributed by atoms with Crippen LogP contribution in [0.15, 0.2) is 48.5 Å². The van der Waals surface area contributed by atoms with E-state index in [1.807, 2.05) is 0 Å². The van der Waals surface area contributed by atoms with E-state index in [1.54, 1.807) is 0 Å². The molecule has 0 saturated heterocycles. The molecule has 4 unspecified atom stereocenters. The van der Waals surface area contributed by atoms with Crippen molar-refractivity contribution < 1.29 is 0 Å². The average molecular weight is 599 g/mol. The summed E-state index contributed by atoms with van der Waals surface area (Å²) in [6.07, 6.45) is 3.26. The molecule has 0 bridgehead atoms. The summed E-state index contributed by atoms with van der Waals surface area (Å²) in [4.78, 5) is 0. The van der Waals surface area contributed by atoms with Gasteiger partial charge in [0.05, 0.1) is 0 Å². The standard InChI is InChI=1S/C32H44Cl4N2/c1-21(13-17-33)31(37,22(2)14-18-34)29-25-9-5-7-11-27(25)30(28-12-8-6-10-26(28)29)32(38,23(3)15-19-35)24(4)16-20-36/h5-12,21-24H,13-20,37-38H2,1-4H3. The van der Waals surface area contributed by atoms with E-state index in [1.165, 1.54) is 11.1 Å². The molecule has 6 heteroatoms. The molecule has 0 heterocycles. The average Bonchev–Trinajstić information content (AvgIpc) is 2.91. The molecule has 3 rings (SSSR count). The Hall–Kier alpha value is -0.740. The summed E-state index contributed by atoms with van der Waals surface area (Å²) in [5.74, 6) is 2.79. The molecular weight excluding hydrogens is 554 g/mol. The van der Waals surface area contributed by atoms with E-state index in [4.69, 9.17) is 57.9 Å². The number of alkyl halides is 4. The van der Waals surface area contributed by atoms with Crippen molar-refractivity contribution in [3.05, 3.63) is 59.7 Å². The van der Waals surface area contributed by atoms with Gasteiger partial charge in [-0.05, 0) is 82.0 Å². The van der Waals surface area contributed by atoms with Gasteiger partial charge in [-0.15, -0.1) is 46.4 Å². The van der Waals surface area contributed by atoms with Crippen LogP contribution in [-0.2, 0) is 11.1 Å². The van der Waals surface area contributed by atoms with E-state index in [0.717, 1.165) is 47.2 Å². The minimum absolute atomic E-state index is 0.142. The molecule has 0 aliphatic heterocycles. The predicted octanol–water partition coefficient (Wildman–Crippen LogP) is 9.36. The molecule has 3 aromatic rings. The van der Waals surface area contributed by atoms with Crippen molar-refractivity contribution >= 4 is 67.9 Å². The second-order valence-corrected chi connectivity index (χ2v) is 12.7. The topological polar surface area (TPSA) is 52.0 Å². The van der Waals surface area contributed by atoms with Crippen LogP contribution in [0.5, 0.6) is 0 Å². The lowest BCUT2D eigenvalue weighted by atomic mass is 9.63. The number of fused-ring (bicyclic) bond motifs is 2. The van der Waals surface area contributed by atoms with Gasteiger partial charge >= 0.3 is 0 Å². The zero-order valence-corrected chi connectivity index (χ0v) is 26.3. The molecule has 0 spiro atoms. The van der Waals surface area contributed by atoms with Crippen molar-refractivity contribution in [3.63, 3.8) is 0 Å². The van der Waals surface area contributed by atoms with Crippen LogP contribution in [0.2, 0.25) is 0 Å². The molecule has 38 heavy (non-hydrogen) atoms. The van der Waals surface area contributed by atoms with Crippen molar-refractivity contribution in [1.82, 2.24) is 0 Å². The van der Waals surface area contributed by atoms with E-state index in [2.05, 4.69) is 76.2 Å². The fourth-order valence-corrected chi connectivity index (χ4v) is 7.94. The quantitative estimate of drug-likeness (QED) is 0.144. The van der Waals surface area contributed by atoms with Crippen molar-refractivity contribution in [3.8, 4) is 0 Å². The van der Waals surface area contributed by atoms with Crippen LogP contribution in [0.25, 0.3) is 21.5 Å². The van der Waals surface area contributed by atoms with Gasteiger partial charge in [0.1, 0.15) is 0 Å². The number of benzene rings is 3. The summed E-state index contributed by atoms with van der Waals surface area (Å²) in [5.41, 5.74) is 16.3. The van der Waals surface area contributed by atoms with E-state index >= 15 is 0 Å². The zero-order chi connectivity index (χ0) is 28.1. The van der Waals surface area contributed by atoms with E-state index < -0.39 is 11.1 Å². The van der Waals surface area contributed by atoms with Gasteiger partial charge in [0.25, 0.3) is 0 Å². The summed E-state index contributed by atoms with van der Waals surface area (Å²) < 4.78 is 0. The summed E-state index contributed by atoms with van der Waals surface area (Å²) >= 11 is 25.2. The minimum atomic E-state index is -0.637. The molecule has 4 atom stereocenters. The Labute approximate surface area is 249 Å². The Kier molecular flexibility index (Phi) is 11.5. The molecule has 0 radical (unpaired) electrons. The monoisotopic (exact) mass is 596 g/mol. The number of rotatable bonds is 14. The fraction of sp³-hybridized carbons (Fsp3) is 0.562. The van der Waals surface area contributed by atoms with Crippen molar-refractivity contribution in [2.45, 2.75) is 64.5 Å². The highest BCUT2D eigenvalue weighted by Gasteiger charge is 2.45. The van der Waals surface area contributed by atoms with Gasteiger partial charge in [0.15, 0.2) is 0 Å². The maximum absolute atomic E-state index is 7.60. The summed E-state index contributed by atoms with van der Waals surface area (Å²) in [6.45, 7) is 8.90. The van der Waals surface area contributed by atoms with Gasteiger partial charge in [-0.2, -0.15) is 0 Å². The third-order valence-electron chi connectivity index (χ3n) is 9.23. The lowest BCUT2D eigenvalue weighted by molar-refractivity contribution is 0.191. The Bertz CT molecular complexity index is 1020. The first-order valence-electron chi connectivity index (χ1n) is 13.9. The molecule has 0 aromatic heterocycles. The maximum atomic E-state index is 7.60. The Morgan fingerprint density at radius 2 is 0.711 bits per heavy atom. The van der Waals surface area contributed by atoms with Crippen LogP contribution >= 0.6 is 46.4 Å². The maximum Gasteiger partial charge on any atom is 0.0474 e. The first kappa shape index (κ1) is 31.8. The van der Waals surface area contributed by atoms with Crippen LogP contribution in [0.3, 0.4) is 0 Å². The number of hydrogen-bond donors (Lipinski definition) is 2. The Morgan fingerprint density at radius 1 is 0.500 bits per heavy atom. The minimum Gasteiger partial charge on any atom is -0.321 e. The molecule has 4 N–H and O–H groups in total. The number of halogens is 4. The largest absolute Gasteiger partial charge is 0.321 e. The Balaban J connectivity index is 2.56. The van der Waals surface area contributed by atoms with E-state index in [9.17, 15) is 0 Å². The molecule has 3 aromatic carbocycles. The van der Waals surface area contributed by atoms with Gasteiger partial charge in [-0.25, -0.2) is 0 Å². The molecule has 0 amide bonds. The second kappa shape index (κ2) is 13.7. The number of nitrogens with two attached hydrogens (primary N) is 2. The summed E-state index contributed by atoms with van der Waals surface area (Å²) in [7, 11) is 0. The lowest BCUT2D eigenvalue weighted by Crippen LogP contribution is -2.51. The van der Waals surface area contributed by atoms with E-state index in [0.29, 0.717) is 23.5 Å². The molecular formula is C32H44Cl4N2. The molecule has 0 aliphatic rings. The highest BCUT2D eigenvalue weighted by molar-refractivity contribution is 6.18. The molecule has 0 aliphatic carbocycles. The predicted molar refractivity (Wildman–Crippen MR) is 171 cm³/mol. The van der Waals surface area contributed by atoms with Crippen LogP contribution in [-0.4, -0.2) is 23.5 Å². The van der Waals surface area contributed by atoms with Gasteiger partial charge in [0.2, 0.25) is 0 Å². The van der Waals surface area contributed by atoms with E-state index in [-0.39, 0.29) is 23.7 Å². The van der Waals surface area contributed by atoms with Crippen LogP contribution in [0.4, 0.5) is 0 Å². The normalized spacial score (nSPS) is 18.6. The van der Waals surface area contributed by atoms with Crippen molar-refractivity contribution in [1.29, 1.82) is 0 Å². The SMILES string of the molecule is CC(CCCl)C(N)(c1c2ccccc2c(C(N)(C(C)CCCl)C(C)CCCl)c2ccccc12)C(C)CCCl. The van der Waals surface area contributed by atoms with Crippen LogP contribution in [0, 0.1) is 23.7 Å².